The lowest BCUT2D eigenvalue weighted by atomic mass is 10.2. The molecule has 2 amide bonds. The molecule has 1 fully saturated rings. The zero-order valence-electron chi connectivity index (χ0n) is 14.7. The first-order valence-corrected chi connectivity index (χ1v) is 9.09. The minimum Gasteiger partial charge on any atom is -0.372 e. The van der Waals surface area contributed by atoms with E-state index in [4.69, 9.17) is 11.6 Å². The minimum absolute atomic E-state index is 0.0508. The SMILES string of the molecule is CC(=O)N(CC(=O)Nc1ccc(N2CCCC2)cc1)c1ccc(Cl)cc1. The maximum absolute atomic E-state index is 12.4. The highest BCUT2D eigenvalue weighted by Gasteiger charge is 2.16. The molecule has 0 radical (unpaired) electrons. The van der Waals surface area contributed by atoms with Gasteiger partial charge in [-0.05, 0) is 61.4 Å². The van der Waals surface area contributed by atoms with Crippen LogP contribution in [-0.2, 0) is 9.59 Å². The molecule has 3 rings (SSSR count). The number of halogens is 1. The van der Waals surface area contributed by atoms with Gasteiger partial charge in [0.1, 0.15) is 6.54 Å². The van der Waals surface area contributed by atoms with Gasteiger partial charge in [0.05, 0.1) is 0 Å². The van der Waals surface area contributed by atoms with Gasteiger partial charge in [-0.25, -0.2) is 0 Å². The van der Waals surface area contributed by atoms with Gasteiger partial charge in [-0.2, -0.15) is 0 Å². The quantitative estimate of drug-likeness (QED) is 0.866. The van der Waals surface area contributed by atoms with Gasteiger partial charge in [0.25, 0.3) is 0 Å². The lowest BCUT2D eigenvalue weighted by molar-refractivity contribution is -0.120. The van der Waals surface area contributed by atoms with Crippen molar-refractivity contribution in [3.05, 3.63) is 53.6 Å². The van der Waals surface area contributed by atoms with Crippen LogP contribution in [0.5, 0.6) is 0 Å². The lowest BCUT2D eigenvalue weighted by Crippen LogP contribution is -2.36. The van der Waals surface area contributed by atoms with Crippen LogP contribution in [0.25, 0.3) is 0 Å². The molecule has 0 aromatic heterocycles. The number of anilines is 3. The molecule has 5 nitrogen and oxygen atoms in total. The lowest BCUT2D eigenvalue weighted by Gasteiger charge is -2.21. The number of rotatable bonds is 5. The molecule has 26 heavy (non-hydrogen) atoms. The van der Waals surface area contributed by atoms with Crippen molar-refractivity contribution in [2.45, 2.75) is 19.8 Å². The first-order chi connectivity index (χ1) is 12.5. The Bertz CT molecular complexity index is 769. The first kappa shape index (κ1) is 18.3. The molecule has 1 N–H and O–H groups in total. The summed E-state index contributed by atoms with van der Waals surface area (Å²) in [5.74, 6) is -0.448. The molecule has 1 aliphatic rings. The molecule has 0 spiro atoms. The smallest absolute Gasteiger partial charge is 0.244 e. The van der Waals surface area contributed by atoms with Crippen molar-refractivity contribution >= 4 is 40.5 Å². The van der Waals surface area contributed by atoms with Gasteiger partial charge in [-0.15, -0.1) is 0 Å². The van der Waals surface area contributed by atoms with Crippen molar-refractivity contribution in [3.8, 4) is 0 Å². The maximum Gasteiger partial charge on any atom is 0.244 e. The number of carbonyl (C=O) groups is 2. The summed E-state index contributed by atoms with van der Waals surface area (Å²) in [7, 11) is 0. The van der Waals surface area contributed by atoms with Crippen molar-refractivity contribution in [1.82, 2.24) is 0 Å². The largest absolute Gasteiger partial charge is 0.372 e. The summed E-state index contributed by atoms with van der Waals surface area (Å²) in [4.78, 5) is 28.0. The second-order valence-corrected chi connectivity index (χ2v) is 6.81. The first-order valence-electron chi connectivity index (χ1n) is 8.71. The minimum atomic E-state index is -0.246. The van der Waals surface area contributed by atoms with Crippen molar-refractivity contribution in [1.29, 1.82) is 0 Å². The van der Waals surface area contributed by atoms with Crippen LogP contribution in [-0.4, -0.2) is 31.4 Å². The van der Waals surface area contributed by atoms with E-state index in [9.17, 15) is 9.59 Å². The van der Waals surface area contributed by atoms with E-state index in [0.717, 1.165) is 18.8 Å². The van der Waals surface area contributed by atoms with Gasteiger partial charge in [0.15, 0.2) is 0 Å². The Hall–Kier alpha value is -2.53. The highest BCUT2D eigenvalue weighted by atomic mass is 35.5. The molecule has 1 aliphatic heterocycles. The molecule has 0 saturated carbocycles. The molecule has 2 aromatic carbocycles. The molecule has 136 valence electrons. The van der Waals surface area contributed by atoms with Crippen LogP contribution in [0.2, 0.25) is 5.02 Å². The fraction of sp³-hybridized carbons (Fsp3) is 0.300. The number of hydrogen-bond acceptors (Lipinski definition) is 3. The third kappa shape index (κ3) is 4.55. The average Bonchev–Trinajstić information content (AvgIpc) is 3.16. The summed E-state index contributed by atoms with van der Waals surface area (Å²) < 4.78 is 0. The van der Waals surface area contributed by atoms with Gasteiger partial charge < -0.3 is 15.1 Å². The molecular weight excluding hydrogens is 350 g/mol. The number of amides is 2. The Labute approximate surface area is 158 Å². The number of nitrogens with zero attached hydrogens (tertiary/aromatic N) is 2. The highest BCUT2D eigenvalue weighted by molar-refractivity contribution is 6.30. The predicted octanol–water partition coefficient (Wildman–Crippen LogP) is 3.93. The molecule has 0 aliphatic carbocycles. The maximum atomic E-state index is 12.4. The summed E-state index contributed by atoms with van der Waals surface area (Å²) in [6.45, 7) is 3.55. The standard InChI is InChI=1S/C20H22ClN3O2/c1-15(25)24(19-8-4-16(21)5-9-19)14-20(26)22-17-6-10-18(11-7-17)23-12-2-3-13-23/h4-11H,2-3,12-14H2,1H3,(H,22,26). The monoisotopic (exact) mass is 371 g/mol. The topological polar surface area (TPSA) is 52.7 Å². The van der Waals surface area contributed by atoms with E-state index < -0.39 is 0 Å². The second kappa shape index (κ2) is 8.23. The third-order valence-electron chi connectivity index (χ3n) is 4.44. The fourth-order valence-electron chi connectivity index (χ4n) is 3.08. The van der Waals surface area contributed by atoms with E-state index in [2.05, 4.69) is 10.2 Å². The van der Waals surface area contributed by atoms with Gasteiger partial charge in [-0.3, -0.25) is 9.59 Å². The van der Waals surface area contributed by atoms with Crippen molar-refractivity contribution in [2.75, 3.05) is 34.8 Å². The molecule has 0 unspecified atom stereocenters. The summed E-state index contributed by atoms with van der Waals surface area (Å²) in [6.07, 6.45) is 2.45. The zero-order valence-corrected chi connectivity index (χ0v) is 15.5. The van der Waals surface area contributed by atoms with Gasteiger partial charge >= 0.3 is 0 Å². The van der Waals surface area contributed by atoms with E-state index in [0.29, 0.717) is 10.7 Å². The van der Waals surface area contributed by atoms with Gasteiger partial charge in [-0.1, -0.05) is 11.6 Å². The van der Waals surface area contributed by atoms with Crippen LogP contribution in [0.3, 0.4) is 0 Å². The average molecular weight is 372 g/mol. The second-order valence-electron chi connectivity index (χ2n) is 6.37. The molecular formula is C20H22ClN3O2. The number of benzene rings is 2. The molecule has 2 aromatic rings. The molecule has 0 bridgehead atoms. The predicted molar refractivity (Wildman–Crippen MR) is 106 cm³/mol. The van der Waals surface area contributed by atoms with Crippen LogP contribution in [0.15, 0.2) is 48.5 Å². The Kier molecular flexibility index (Phi) is 5.78. The Morgan fingerprint density at radius 1 is 1.04 bits per heavy atom. The van der Waals surface area contributed by atoms with Crippen LogP contribution in [0.1, 0.15) is 19.8 Å². The molecule has 0 atom stereocenters. The van der Waals surface area contributed by atoms with Gasteiger partial charge in [0.2, 0.25) is 11.8 Å². The van der Waals surface area contributed by atoms with Crippen molar-refractivity contribution in [3.63, 3.8) is 0 Å². The molecule has 6 heteroatoms. The van der Waals surface area contributed by atoms with Gasteiger partial charge in [0, 0.05) is 42.1 Å². The Morgan fingerprint density at radius 2 is 1.65 bits per heavy atom. The van der Waals surface area contributed by atoms with Crippen LogP contribution in [0, 0.1) is 0 Å². The zero-order chi connectivity index (χ0) is 18.5. The van der Waals surface area contributed by atoms with Crippen molar-refractivity contribution < 1.29 is 9.59 Å². The van der Waals surface area contributed by atoms with E-state index in [1.807, 2.05) is 24.3 Å². The van der Waals surface area contributed by atoms with Crippen molar-refractivity contribution in [2.24, 2.45) is 0 Å². The Morgan fingerprint density at radius 3 is 2.23 bits per heavy atom. The molecule has 1 heterocycles. The van der Waals surface area contributed by atoms with E-state index in [1.54, 1.807) is 24.3 Å². The van der Waals surface area contributed by atoms with Crippen LogP contribution in [0.4, 0.5) is 17.1 Å². The van der Waals surface area contributed by atoms with Crippen LogP contribution < -0.4 is 15.1 Å². The highest BCUT2D eigenvalue weighted by Crippen LogP contribution is 2.22. The fourth-order valence-corrected chi connectivity index (χ4v) is 3.21. The Balaban J connectivity index is 1.63. The summed E-state index contributed by atoms with van der Waals surface area (Å²) in [5, 5.41) is 3.43. The van der Waals surface area contributed by atoms with E-state index in [1.165, 1.54) is 30.4 Å². The van der Waals surface area contributed by atoms with Crippen LogP contribution >= 0.6 is 11.6 Å². The molecule has 1 saturated heterocycles. The third-order valence-corrected chi connectivity index (χ3v) is 4.69. The summed E-state index contributed by atoms with van der Waals surface area (Å²) >= 11 is 5.88. The summed E-state index contributed by atoms with van der Waals surface area (Å²) in [5.41, 5.74) is 2.53. The normalized spacial score (nSPS) is 13.5. The van der Waals surface area contributed by atoms with E-state index >= 15 is 0 Å². The van der Waals surface area contributed by atoms with E-state index in [-0.39, 0.29) is 18.4 Å². The summed E-state index contributed by atoms with van der Waals surface area (Å²) in [6, 6.07) is 14.7. The number of hydrogen-bond donors (Lipinski definition) is 1. The number of nitrogens with one attached hydrogen (secondary N) is 1. The number of carbonyl (C=O) groups excluding carboxylic acids is 2.